The molecule has 1 amide bonds. The Hall–Kier alpha value is -1.11. The summed E-state index contributed by atoms with van der Waals surface area (Å²) in [6.07, 6.45) is 0.844. The minimum Gasteiger partial charge on any atom is -0.481 e. The highest BCUT2D eigenvalue weighted by Gasteiger charge is 2.51. The highest BCUT2D eigenvalue weighted by molar-refractivity contribution is 7.91. The molecule has 3 atom stereocenters. The maximum absolute atomic E-state index is 12.1. The highest BCUT2D eigenvalue weighted by atomic mass is 32.2. The zero-order chi connectivity index (χ0) is 13.5. The monoisotopic (exact) mass is 275 g/mol. The molecule has 2 rings (SSSR count). The van der Waals surface area contributed by atoms with E-state index in [4.69, 9.17) is 5.11 Å². The highest BCUT2D eigenvalue weighted by Crippen LogP contribution is 2.40. The topological polar surface area (TPSA) is 91.8 Å². The van der Waals surface area contributed by atoms with E-state index in [0.29, 0.717) is 19.4 Å². The fourth-order valence-corrected chi connectivity index (χ4v) is 4.30. The number of carbonyl (C=O) groups excluding carboxylic acids is 1. The molecule has 0 aromatic carbocycles. The van der Waals surface area contributed by atoms with E-state index in [1.807, 2.05) is 0 Å². The molecule has 0 bridgehead atoms. The first kappa shape index (κ1) is 13.3. The zero-order valence-corrected chi connectivity index (χ0v) is 11.0. The van der Waals surface area contributed by atoms with Crippen LogP contribution in [0.5, 0.6) is 0 Å². The van der Waals surface area contributed by atoms with Crippen molar-refractivity contribution in [3.8, 4) is 0 Å². The Labute approximate surface area is 106 Å². The second kappa shape index (κ2) is 4.53. The van der Waals surface area contributed by atoms with Crippen molar-refractivity contribution in [1.82, 2.24) is 4.90 Å². The van der Waals surface area contributed by atoms with E-state index >= 15 is 0 Å². The second-order valence-electron chi connectivity index (χ2n) is 4.97. The maximum Gasteiger partial charge on any atom is 0.307 e. The molecule has 1 saturated heterocycles. The normalized spacial score (nSPS) is 33.1. The van der Waals surface area contributed by atoms with Gasteiger partial charge in [0.15, 0.2) is 9.84 Å². The molecule has 0 radical (unpaired) electrons. The van der Waals surface area contributed by atoms with Crippen LogP contribution >= 0.6 is 0 Å². The Bertz CT molecular complexity index is 472. The molecule has 0 unspecified atom stereocenters. The summed E-state index contributed by atoms with van der Waals surface area (Å²) in [5.74, 6) is -2.04. The van der Waals surface area contributed by atoms with Gasteiger partial charge in [0.1, 0.15) is 0 Å². The molecule has 1 N–H and O–H groups in total. The van der Waals surface area contributed by atoms with Crippen LogP contribution in [-0.4, -0.2) is 54.4 Å². The van der Waals surface area contributed by atoms with Gasteiger partial charge in [0.2, 0.25) is 5.91 Å². The van der Waals surface area contributed by atoms with Gasteiger partial charge in [-0.15, -0.1) is 0 Å². The standard InChI is InChI=1S/C11H17NO5S/c1-2-12(7-3-4-18(16,17)6-7)10(13)8-5-9(8)11(14)15/h7-9H,2-6H2,1H3,(H,14,15)/t7-,8+,9-/m0/s1. The molecule has 0 aromatic heterocycles. The first-order chi connectivity index (χ1) is 8.35. The van der Waals surface area contributed by atoms with Crippen molar-refractivity contribution in [2.45, 2.75) is 25.8 Å². The van der Waals surface area contributed by atoms with Gasteiger partial charge < -0.3 is 10.0 Å². The summed E-state index contributed by atoms with van der Waals surface area (Å²) < 4.78 is 22.8. The smallest absolute Gasteiger partial charge is 0.307 e. The van der Waals surface area contributed by atoms with Gasteiger partial charge in [-0.25, -0.2) is 8.42 Å². The van der Waals surface area contributed by atoms with E-state index in [1.165, 1.54) is 4.90 Å². The minimum absolute atomic E-state index is 0.0110. The summed E-state index contributed by atoms with van der Waals surface area (Å²) in [6.45, 7) is 2.23. The Kier molecular flexibility index (Phi) is 3.35. The van der Waals surface area contributed by atoms with Crippen LogP contribution in [0.2, 0.25) is 0 Å². The van der Waals surface area contributed by atoms with Crippen LogP contribution in [0.4, 0.5) is 0 Å². The molecule has 7 heteroatoms. The van der Waals surface area contributed by atoms with Crippen molar-refractivity contribution >= 4 is 21.7 Å². The maximum atomic E-state index is 12.1. The summed E-state index contributed by atoms with van der Waals surface area (Å²) >= 11 is 0. The lowest BCUT2D eigenvalue weighted by Crippen LogP contribution is -2.42. The van der Waals surface area contributed by atoms with E-state index in [0.717, 1.165) is 0 Å². The molecule has 1 aliphatic carbocycles. The van der Waals surface area contributed by atoms with Gasteiger partial charge in [0, 0.05) is 12.6 Å². The molecular formula is C11H17NO5S. The second-order valence-corrected chi connectivity index (χ2v) is 7.20. The number of rotatable bonds is 4. The third-order valence-electron chi connectivity index (χ3n) is 3.70. The number of aliphatic carboxylic acids is 1. The first-order valence-corrected chi connectivity index (χ1v) is 7.91. The molecule has 2 aliphatic rings. The van der Waals surface area contributed by atoms with Crippen molar-refractivity contribution in [2.24, 2.45) is 11.8 Å². The number of hydrogen-bond donors (Lipinski definition) is 1. The van der Waals surface area contributed by atoms with Crippen molar-refractivity contribution in [3.63, 3.8) is 0 Å². The van der Waals surface area contributed by atoms with Crippen LogP contribution in [0, 0.1) is 11.8 Å². The van der Waals surface area contributed by atoms with Crippen molar-refractivity contribution in [1.29, 1.82) is 0 Å². The van der Waals surface area contributed by atoms with E-state index < -0.39 is 27.6 Å². The van der Waals surface area contributed by atoms with Gasteiger partial charge in [0.05, 0.1) is 23.3 Å². The molecule has 1 heterocycles. The molecule has 102 valence electrons. The molecule has 1 saturated carbocycles. The average Bonchev–Trinajstić information content (AvgIpc) is 3.00. The summed E-state index contributed by atoms with van der Waals surface area (Å²) in [5, 5.41) is 8.81. The van der Waals surface area contributed by atoms with Crippen molar-refractivity contribution in [2.75, 3.05) is 18.1 Å². The van der Waals surface area contributed by atoms with Crippen LogP contribution < -0.4 is 0 Å². The van der Waals surface area contributed by atoms with Crippen LogP contribution in [0.3, 0.4) is 0 Å². The van der Waals surface area contributed by atoms with Gasteiger partial charge >= 0.3 is 5.97 Å². The van der Waals surface area contributed by atoms with Crippen LogP contribution in [0.15, 0.2) is 0 Å². The summed E-state index contributed by atoms with van der Waals surface area (Å²) in [7, 11) is -3.03. The summed E-state index contributed by atoms with van der Waals surface area (Å²) in [4.78, 5) is 24.4. The minimum atomic E-state index is -3.03. The summed E-state index contributed by atoms with van der Waals surface area (Å²) in [6, 6.07) is -0.275. The fourth-order valence-electron chi connectivity index (χ4n) is 2.57. The van der Waals surface area contributed by atoms with Crippen molar-refractivity contribution in [3.05, 3.63) is 0 Å². The molecule has 18 heavy (non-hydrogen) atoms. The quantitative estimate of drug-likeness (QED) is 0.763. The Morgan fingerprint density at radius 2 is 2.00 bits per heavy atom. The van der Waals surface area contributed by atoms with Crippen LogP contribution in [0.25, 0.3) is 0 Å². The predicted octanol–water partition coefficient (Wildman–Crippen LogP) is -0.257. The number of carboxylic acid groups (broad SMARTS) is 1. The third-order valence-corrected chi connectivity index (χ3v) is 5.45. The Balaban J connectivity index is 2.02. The van der Waals surface area contributed by atoms with Gasteiger partial charge in [-0.2, -0.15) is 0 Å². The number of hydrogen-bond acceptors (Lipinski definition) is 4. The molecule has 0 aromatic rings. The van der Waals surface area contributed by atoms with Gasteiger partial charge in [-0.1, -0.05) is 0 Å². The molecule has 0 spiro atoms. The van der Waals surface area contributed by atoms with E-state index in [-0.39, 0.29) is 23.5 Å². The SMILES string of the molecule is CCN(C(=O)[C@@H]1C[C@@H]1C(=O)O)[C@H]1CCS(=O)(=O)C1. The average molecular weight is 275 g/mol. The van der Waals surface area contributed by atoms with Crippen LogP contribution in [0.1, 0.15) is 19.8 Å². The Morgan fingerprint density at radius 1 is 1.33 bits per heavy atom. The van der Waals surface area contributed by atoms with Gasteiger partial charge in [-0.05, 0) is 19.8 Å². The number of carbonyl (C=O) groups is 2. The lowest BCUT2D eigenvalue weighted by molar-refractivity contribution is -0.142. The number of nitrogens with zero attached hydrogens (tertiary/aromatic N) is 1. The molecule has 6 nitrogen and oxygen atoms in total. The molecule has 1 aliphatic heterocycles. The van der Waals surface area contributed by atoms with E-state index in [1.54, 1.807) is 6.92 Å². The number of carboxylic acids is 1. The third kappa shape index (κ3) is 2.50. The number of amides is 1. The molecule has 2 fully saturated rings. The predicted molar refractivity (Wildman–Crippen MR) is 63.7 cm³/mol. The van der Waals surface area contributed by atoms with E-state index in [2.05, 4.69) is 0 Å². The largest absolute Gasteiger partial charge is 0.481 e. The summed E-state index contributed by atoms with van der Waals surface area (Å²) in [5.41, 5.74) is 0. The van der Waals surface area contributed by atoms with Crippen molar-refractivity contribution < 1.29 is 23.1 Å². The van der Waals surface area contributed by atoms with Gasteiger partial charge in [-0.3, -0.25) is 9.59 Å². The zero-order valence-electron chi connectivity index (χ0n) is 10.2. The lowest BCUT2D eigenvalue weighted by Gasteiger charge is -2.27. The fraction of sp³-hybridized carbons (Fsp3) is 0.818. The number of sulfone groups is 1. The van der Waals surface area contributed by atoms with E-state index in [9.17, 15) is 18.0 Å². The first-order valence-electron chi connectivity index (χ1n) is 6.09. The lowest BCUT2D eigenvalue weighted by atomic mass is 10.2. The van der Waals surface area contributed by atoms with Gasteiger partial charge in [0.25, 0.3) is 0 Å². The van der Waals surface area contributed by atoms with Crippen LogP contribution in [-0.2, 0) is 19.4 Å². The Morgan fingerprint density at radius 3 is 2.39 bits per heavy atom. The molecular weight excluding hydrogens is 258 g/mol.